The van der Waals surface area contributed by atoms with E-state index in [1.54, 1.807) is 6.07 Å². The van der Waals surface area contributed by atoms with Gasteiger partial charge in [-0.3, -0.25) is 19.1 Å². The highest BCUT2D eigenvalue weighted by Gasteiger charge is 2.73. The largest absolute Gasteiger partial charge is 0.527 e. The zero-order valence-electron chi connectivity index (χ0n) is 16.2. The molecule has 8 nitrogen and oxygen atoms in total. The summed E-state index contributed by atoms with van der Waals surface area (Å²) in [5.74, 6) is 0.282. The molecule has 2 bridgehead atoms. The summed E-state index contributed by atoms with van der Waals surface area (Å²) in [6.45, 7) is 5.20. The molecule has 2 heterocycles. The molecule has 1 saturated carbocycles. The number of benzene rings is 1. The Morgan fingerprint density at radius 2 is 2.24 bits per heavy atom. The van der Waals surface area contributed by atoms with Gasteiger partial charge in [-0.25, -0.2) is 4.57 Å². The molecule has 1 spiro atoms. The zero-order chi connectivity index (χ0) is 20.6. The van der Waals surface area contributed by atoms with E-state index in [9.17, 15) is 19.4 Å². The van der Waals surface area contributed by atoms with Gasteiger partial charge < -0.3 is 14.4 Å². The lowest BCUT2D eigenvalue weighted by atomic mass is 9.49. The molecule has 0 radical (unpaired) electrons. The van der Waals surface area contributed by atoms with Gasteiger partial charge >= 0.3 is 7.82 Å². The molecule has 4 aliphatic rings. The van der Waals surface area contributed by atoms with Crippen molar-refractivity contribution in [3.8, 4) is 11.5 Å². The average molecular weight is 421 g/mol. The van der Waals surface area contributed by atoms with Crippen LogP contribution in [0.1, 0.15) is 30.4 Å². The summed E-state index contributed by atoms with van der Waals surface area (Å²) in [6, 6.07) is 3.26. The van der Waals surface area contributed by atoms with Gasteiger partial charge in [-0.15, -0.1) is 6.58 Å². The minimum atomic E-state index is -4.31. The van der Waals surface area contributed by atoms with E-state index in [0.29, 0.717) is 32.4 Å². The number of likely N-dealkylation sites (tertiary alicyclic amines) is 1. The zero-order valence-corrected chi connectivity index (χ0v) is 17.1. The number of nitrogens with zero attached hydrogens (tertiary/aromatic N) is 1. The Hall–Kier alpha value is -1.70. The quantitative estimate of drug-likeness (QED) is 0.547. The second kappa shape index (κ2) is 6.15. The summed E-state index contributed by atoms with van der Waals surface area (Å²) in [6.07, 6.45) is 2.75. The number of carbonyl (C=O) groups is 1. The van der Waals surface area contributed by atoms with Crippen LogP contribution in [0.25, 0.3) is 0 Å². The Balaban J connectivity index is 1.72. The number of hydrogen-bond acceptors (Lipinski definition) is 7. The third-order valence-corrected chi connectivity index (χ3v) is 8.05. The topological polar surface area (TPSA) is 106 Å². The van der Waals surface area contributed by atoms with Crippen molar-refractivity contribution in [1.82, 2.24) is 4.90 Å². The first-order valence-electron chi connectivity index (χ1n) is 9.78. The van der Waals surface area contributed by atoms with Gasteiger partial charge in [0.05, 0.1) is 11.0 Å². The third kappa shape index (κ3) is 2.35. The summed E-state index contributed by atoms with van der Waals surface area (Å²) in [7, 11) is -3.22. The van der Waals surface area contributed by atoms with Crippen molar-refractivity contribution in [1.29, 1.82) is 0 Å². The summed E-state index contributed by atoms with van der Waals surface area (Å²) in [5.41, 5.74) is -0.285. The van der Waals surface area contributed by atoms with E-state index in [2.05, 4.69) is 16.0 Å². The lowest BCUT2D eigenvalue weighted by Crippen LogP contribution is -2.76. The molecule has 29 heavy (non-hydrogen) atoms. The highest BCUT2D eigenvalue weighted by molar-refractivity contribution is 7.47. The van der Waals surface area contributed by atoms with E-state index in [1.807, 2.05) is 12.1 Å². The van der Waals surface area contributed by atoms with Crippen LogP contribution in [0.3, 0.4) is 0 Å². The van der Waals surface area contributed by atoms with Gasteiger partial charge in [0.15, 0.2) is 23.4 Å². The third-order valence-electron chi connectivity index (χ3n) is 7.16. The lowest BCUT2D eigenvalue weighted by molar-refractivity contribution is -0.187. The Labute approximate surface area is 168 Å². The van der Waals surface area contributed by atoms with E-state index in [-0.39, 0.29) is 29.7 Å². The van der Waals surface area contributed by atoms with Crippen molar-refractivity contribution in [2.75, 3.05) is 20.2 Å². The molecule has 156 valence electrons. The van der Waals surface area contributed by atoms with Crippen LogP contribution in [0.4, 0.5) is 0 Å². The fourth-order valence-corrected chi connectivity index (χ4v) is 6.49. The number of phosphoric acid groups is 1. The van der Waals surface area contributed by atoms with Gasteiger partial charge in [0.1, 0.15) is 0 Å². The highest BCUT2D eigenvalue weighted by Crippen LogP contribution is 2.65. The van der Waals surface area contributed by atoms with Crippen LogP contribution in [0.2, 0.25) is 0 Å². The number of phosphoric ester groups is 1. The fourth-order valence-electron chi connectivity index (χ4n) is 6.02. The molecule has 2 aliphatic heterocycles. The van der Waals surface area contributed by atoms with Gasteiger partial charge in [0.2, 0.25) is 0 Å². The number of aliphatic hydroxyl groups is 1. The van der Waals surface area contributed by atoms with Gasteiger partial charge in [0.25, 0.3) is 0 Å². The van der Waals surface area contributed by atoms with Crippen molar-refractivity contribution in [2.45, 2.75) is 48.8 Å². The van der Waals surface area contributed by atoms with Crippen molar-refractivity contribution >= 4 is 13.6 Å². The number of ketones is 1. The Morgan fingerprint density at radius 1 is 1.45 bits per heavy atom. The molecule has 1 aromatic carbocycles. The molecule has 5 atom stereocenters. The first-order valence-corrected chi connectivity index (χ1v) is 11.3. The van der Waals surface area contributed by atoms with Crippen molar-refractivity contribution in [3.05, 3.63) is 35.9 Å². The lowest BCUT2D eigenvalue weighted by Gasteiger charge is -2.62. The smallest absolute Gasteiger partial charge is 0.477 e. The van der Waals surface area contributed by atoms with Gasteiger partial charge in [0, 0.05) is 38.2 Å². The van der Waals surface area contributed by atoms with Crippen LogP contribution in [-0.4, -0.2) is 58.6 Å². The van der Waals surface area contributed by atoms with Crippen molar-refractivity contribution < 1.29 is 33.1 Å². The van der Waals surface area contributed by atoms with Crippen LogP contribution in [-0.2, 0) is 25.7 Å². The predicted octanol–water partition coefficient (Wildman–Crippen LogP) is 1.72. The van der Waals surface area contributed by atoms with Crippen LogP contribution in [0.5, 0.6) is 11.5 Å². The molecule has 1 saturated heterocycles. The molecule has 5 rings (SSSR count). The van der Waals surface area contributed by atoms with Crippen molar-refractivity contribution in [3.63, 3.8) is 0 Å². The van der Waals surface area contributed by atoms with E-state index in [4.69, 9.17) is 9.26 Å². The Bertz CT molecular complexity index is 964. The molecule has 2 unspecified atom stereocenters. The molecule has 0 amide bonds. The van der Waals surface area contributed by atoms with E-state index < -0.39 is 24.9 Å². The summed E-state index contributed by atoms with van der Waals surface area (Å²) in [4.78, 5) is 24.9. The maximum atomic E-state index is 12.9. The van der Waals surface area contributed by atoms with E-state index in [0.717, 1.165) is 18.2 Å². The van der Waals surface area contributed by atoms with Crippen molar-refractivity contribution in [2.24, 2.45) is 0 Å². The number of carbonyl (C=O) groups excluding carboxylic acids is 1. The van der Waals surface area contributed by atoms with Crippen LogP contribution < -0.4 is 9.26 Å². The number of Topliss-reactive ketones (excluding diaryl/α,β-unsaturated/α-hetero) is 1. The first-order chi connectivity index (χ1) is 13.8. The van der Waals surface area contributed by atoms with E-state index in [1.165, 1.54) is 0 Å². The van der Waals surface area contributed by atoms with Crippen LogP contribution in [0, 0.1) is 0 Å². The Morgan fingerprint density at radius 3 is 2.97 bits per heavy atom. The van der Waals surface area contributed by atoms with Crippen LogP contribution >= 0.6 is 7.82 Å². The molecule has 1 aromatic rings. The van der Waals surface area contributed by atoms with Gasteiger partial charge in [-0.1, -0.05) is 12.1 Å². The summed E-state index contributed by atoms with van der Waals surface area (Å²) >= 11 is 0. The fraction of sp³-hybridized carbons (Fsp3) is 0.550. The van der Waals surface area contributed by atoms with Crippen LogP contribution in [0.15, 0.2) is 24.8 Å². The molecular weight excluding hydrogens is 397 g/mol. The minimum Gasteiger partial charge on any atom is -0.477 e. The monoisotopic (exact) mass is 421 g/mol. The number of rotatable bonds is 5. The number of hydrogen-bond donors (Lipinski definition) is 2. The SMILES string of the molecule is C=CCN1CC[C@]23c4c5ccc(OP(=O)(O)OC)c4O[C@H]2C(=O)CC[C@@]3(O)C1C5. The Kier molecular flexibility index (Phi) is 4.09. The summed E-state index contributed by atoms with van der Waals surface area (Å²) in [5, 5.41) is 12.0. The second-order valence-corrected chi connectivity index (χ2v) is 9.77. The number of ether oxygens (including phenoxy) is 1. The summed E-state index contributed by atoms with van der Waals surface area (Å²) < 4.78 is 27.9. The molecule has 2 fully saturated rings. The van der Waals surface area contributed by atoms with E-state index >= 15 is 0 Å². The normalized spacial score (nSPS) is 36.7. The second-order valence-electron chi connectivity index (χ2n) is 8.28. The molecular formula is C20H24NO7P. The molecule has 2 N–H and O–H groups in total. The predicted molar refractivity (Wildman–Crippen MR) is 103 cm³/mol. The maximum Gasteiger partial charge on any atom is 0.527 e. The first kappa shape index (κ1) is 19.3. The molecule has 2 aliphatic carbocycles. The van der Waals surface area contributed by atoms with Gasteiger partial charge in [-0.05, 0) is 30.9 Å². The molecule has 9 heteroatoms. The maximum absolute atomic E-state index is 12.9. The number of piperidine rings is 1. The molecule has 0 aromatic heterocycles. The standard InChI is InChI=1S/C20H24NO7P/c1-3-9-21-10-8-19-16-12-4-5-14(28-29(24,25)26-2)17(16)27-18(19)13(22)6-7-20(19,23)15(21)11-12/h3-5,15,18,23H,1,6-11H2,2H3,(H,24,25)/t15?,18-,19-,20+/m0/s1. The van der Waals surface area contributed by atoms with Gasteiger partial charge in [-0.2, -0.15) is 0 Å². The minimum absolute atomic E-state index is 0.0560. The highest BCUT2D eigenvalue weighted by atomic mass is 31.2. The average Bonchev–Trinajstić information content (AvgIpc) is 3.04.